The third-order valence-corrected chi connectivity index (χ3v) is 6.96. The van der Waals surface area contributed by atoms with Crippen LogP contribution >= 0.6 is 11.6 Å². The van der Waals surface area contributed by atoms with Gasteiger partial charge in [-0.15, -0.1) is 4.72 Å². The van der Waals surface area contributed by atoms with Gasteiger partial charge in [0.05, 0.1) is 11.1 Å². The minimum Gasteiger partial charge on any atom is -0.598 e. The molecule has 2 N–H and O–H groups in total. The Kier molecular flexibility index (Phi) is 6.63. The van der Waals surface area contributed by atoms with Crippen molar-refractivity contribution in [1.29, 1.82) is 0 Å². The number of nitrogens with one attached hydrogen (secondary N) is 2. The molecule has 0 radical (unpaired) electrons. The molecule has 2 aromatic rings. The van der Waals surface area contributed by atoms with Gasteiger partial charge in [0, 0.05) is 30.3 Å². The average Bonchev–Trinajstić information content (AvgIpc) is 2.84. The first-order valence-corrected chi connectivity index (χ1v) is 11.2. The number of anilines is 1. The summed E-state index contributed by atoms with van der Waals surface area (Å²) in [6, 6.07) is 4.04. The molecule has 0 aliphatic heterocycles. The quantitative estimate of drug-likeness (QED) is 0.526. The molecular formula is C21H27ClFN3O2S. The molecule has 1 aromatic carbocycles. The normalized spacial score (nSPS) is 18.1. The summed E-state index contributed by atoms with van der Waals surface area (Å²) < 4.78 is 30.8. The lowest BCUT2D eigenvalue weighted by Crippen LogP contribution is -2.41. The molecule has 1 aromatic heterocycles. The van der Waals surface area contributed by atoms with E-state index in [0.717, 1.165) is 36.8 Å². The Morgan fingerprint density at radius 2 is 2.07 bits per heavy atom. The van der Waals surface area contributed by atoms with Crippen LogP contribution in [-0.2, 0) is 24.8 Å². The topological polar surface area (TPSA) is 69.1 Å². The minimum atomic E-state index is -1.20. The number of hydrogen-bond donors (Lipinski definition) is 2. The zero-order valence-electron chi connectivity index (χ0n) is 17.1. The van der Waals surface area contributed by atoms with Crippen molar-refractivity contribution in [2.24, 2.45) is 7.05 Å². The Balaban J connectivity index is 1.89. The van der Waals surface area contributed by atoms with Gasteiger partial charge in [0.2, 0.25) is 0 Å². The van der Waals surface area contributed by atoms with E-state index in [1.807, 2.05) is 38.6 Å². The van der Waals surface area contributed by atoms with Gasteiger partial charge in [0.15, 0.2) is 0 Å². The first-order chi connectivity index (χ1) is 13.6. The zero-order chi connectivity index (χ0) is 21.3. The molecule has 1 unspecified atom stereocenters. The molecule has 2 atom stereocenters. The number of rotatable bonds is 4. The van der Waals surface area contributed by atoms with Crippen LogP contribution in [0, 0.1) is 5.82 Å². The van der Waals surface area contributed by atoms with Crippen molar-refractivity contribution in [1.82, 2.24) is 9.29 Å². The third kappa shape index (κ3) is 4.97. The lowest BCUT2D eigenvalue weighted by Gasteiger charge is -2.27. The maximum absolute atomic E-state index is 13.4. The molecule has 1 amide bonds. The van der Waals surface area contributed by atoms with Crippen molar-refractivity contribution in [2.75, 3.05) is 5.32 Å². The molecule has 8 heteroatoms. The first-order valence-electron chi connectivity index (χ1n) is 9.70. The molecule has 0 bridgehead atoms. The highest BCUT2D eigenvalue weighted by Crippen LogP contribution is 2.34. The van der Waals surface area contributed by atoms with Gasteiger partial charge in [0.1, 0.15) is 16.3 Å². The van der Waals surface area contributed by atoms with Gasteiger partial charge in [-0.2, -0.15) is 0 Å². The fraction of sp³-hybridized carbons (Fsp3) is 0.476. The van der Waals surface area contributed by atoms with E-state index in [2.05, 4.69) is 10.0 Å². The smallest absolute Gasteiger partial charge is 0.272 e. The van der Waals surface area contributed by atoms with Crippen LogP contribution in [0.2, 0.25) is 5.02 Å². The van der Waals surface area contributed by atoms with E-state index in [1.165, 1.54) is 18.2 Å². The summed E-state index contributed by atoms with van der Waals surface area (Å²) in [6.07, 6.45) is 5.55. The molecule has 1 aliphatic rings. The number of halogens is 2. The second kappa shape index (κ2) is 8.68. The van der Waals surface area contributed by atoms with E-state index >= 15 is 0 Å². The molecule has 0 fully saturated rings. The molecular weight excluding hydrogens is 413 g/mol. The SMILES string of the molecule is Cn1cc2c(c1C(=O)Nc1ccc(F)c(Cl)c1)CCCCC2N[S@+]([O-])C(C)(C)C. The first kappa shape index (κ1) is 22.2. The molecule has 1 heterocycles. The van der Waals surface area contributed by atoms with Crippen LogP contribution in [0.1, 0.15) is 67.7 Å². The summed E-state index contributed by atoms with van der Waals surface area (Å²) >= 11 is 4.62. The van der Waals surface area contributed by atoms with Crippen LogP contribution in [-0.4, -0.2) is 19.8 Å². The Morgan fingerprint density at radius 3 is 2.72 bits per heavy atom. The molecule has 5 nitrogen and oxygen atoms in total. The molecule has 0 saturated carbocycles. The Morgan fingerprint density at radius 1 is 1.34 bits per heavy atom. The van der Waals surface area contributed by atoms with Gasteiger partial charge in [0.25, 0.3) is 5.91 Å². The second-order valence-electron chi connectivity index (χ2n) is 8.40. The maximum Gasteiger partial charge on any atom is 0.272 e. The van der Waals surface area contributed by atoms with E-state index in [9.17, 15) is 13.7 Å². The summed E-state index contributed by atoms with van der Waals surface area (Å²) in [5, 5.41) is 2.77. The summed E-state index contributed by atoms with van der Waals surface area (Å²) in [6.45, 7) is 5.81. The van der Waals surface area contributed by atoms with Gasteiger partial charge >= 0.3 is 0 Å². The van der Waals surface area contributed by atoms with Crippen molar-refractivity contribution in [3.05, 3.63) is 52.1 Å². The van der Waals surface area contributed by atoms with E-state index in [-0.39, 0.29) is 21.7 Å². The summed E-state index contributed by atoms with van der Waals surface area (Å²) in [4.78, 5) is 13.0. The van der Waals surface area contributed by atoms with Crippen LogP contribution < -0.4 is 10.0 Å². The highest BCUT2D eigenvalue weighted by Gasteiger charge is 2.33. The van der Waals surface area contributed by atoms with Crippen molar-refractivity contribution >= 4 is 34.6 Å². The molecule has 0 spiro atoms. The highest BCUT2D eigenvalue weighted by molar-refractivity contribution is 7.90. The fourth-order valence-corrected chi connectivity index (χ4v) is 4.60. The van der Waals surface area contributed by atoms with Crippen molar-refractivity contribution in [2.45, 2.75) is 57.2 Å². The van der Waals surface area contributed by atoms with Crippen molar-refractivity contribution in [3.63, 3.8) is 0 Å². The largest absolute Gasteiger partial charge is 0.598 e. The number of amides is 1. The Hall–Kier alpha value is -1.54. The fourth-order valence-electron chi connectivity index (χ4n) is 3.56. The number of aryl methyl sites for hydroxylation is 1. The van der Waals surface area contributed by atoms with E-state index in [0.29, 0.717) is 11.4 Å². The molecule has 3 rings (SSSR count). The lowest BCUT2D eigenvalue weighted by molar-refractivity contribution is 0.101. The Labute approximate surface area is 179 Å². The van der Waals surface area contributed by atoms with Crippen LogP contribution in [0.15, 0.2) is 24.4 Å². The third-order valence-electron chi connectivity index (χ3n) is 5.06. The molecule has 0 saturated heterocycles. The van der Waals surface area contributed by atoms with Gasteiger partial charge in [-0.05, 0) is 69.4 Å². The maximum atomic E-state index is 13.4. The summed E-state index contributed by atoms with van der Waals surface area (Å²) in [5.41, 5.74) is 2.99. The predicted molar refractivity (Wildman–Crippen MR) is 116 cm³/mol. The van der Waals surface area contributed by atoms with Gasteiger partial charge in [-0.25, -0.2) is 4.39 Å². The van der Waals surface area contributed by atoms with E-state index in [1.54, 1.807) is 0 Å². The second-order valence-corrected chi connectivity index (χ2v) is 10.8. The number of hydrogen-bond acceptors (Lipinski definition) is 3. The van der Waals surface area contributed by atoms with Crippen LogP contribution in [0.25, 0.3) is 0 Å². The molecule has 158 valence electrons. The average molecular weight is 440 g/mol. The predicted octanol–water partition coefficient (Wildman–Crippen LogP) is 4.89. The van der Waals surface area contributed by atoms with Crippen LogP contribution in [0.4, 0.5) is 10.1 Å². The number of carbonyl (C=O) groups excluding carboxylic acids is 1. The Bertz CT molecular complexity index is 910. The summed E-state index contributed by atoms with van der Waals surface area (Å²) in [5.74, 6) is -0.799. The monoisotopic (exact) mass is 439 g/mol. The van der Waals surface area contributed by atoms with Gasteiger partial charge < -0.3 is 14.4 Å². The van der Waals surface area contributed by atoms with Crippen LogP contribution in [0.3, 0.4) is 0 Å². The van der Waals surface area contributed by atoms with Crippen LogP contribution in [0.5, 0.6) is 0 Å². The van der Waals surface area contributed by atoms with Crippen molar-refractivity contribution < 1.29 is 13.7 Å². The molecule has 1 aliphatic carbocycles. The summed E-state index contributed by atoms with van der Waals surface area (Å²) in [7, 11) is 1.83. The molecule has 29 heavy (non-hydrogen) atoms. The number of fused-ring (bicyclic) bond motifs is 1. The highest BCUT2D eigenvalue weighted by atomic mass is 35.5. The minimum absolute atomic E-state index is 0.0394. The van der Waals surface area contributed by atoms with Crippen molar-refractivity contribution in [3.8, 4) is 0 Å². The van der Waals surface area contributed by atoms with Gasteiger partial charge in [-0.1, -0.05) is 18.0 Å². The number of carbonyl (C=O) groups is 1. The number of benzene rings is 1. The number of aromatic nitrogens is 1. The van der Waals surface area contributed by atoms with E-state index in [4.69, 9.17) is 11.6 Å². The lowest BCUT2D eigenvalue weighted by atomic mass is 10.0. The standard InChI is InChI=1S/C21H27ClFN3O2S/c1-21(2,3)29(28)25-18-8-6-5-7-14-15(18)12-26(4)19(14)20(27)24-13-9-10-17(23)16(22)11-13/h9-12,18,25H,5-8H2,1-4H3,(H,24,27)/t18?,29-/m1/s1. The van der Waals surface area contributed by atoms with Gasteiger partial charge in [-0.3, -0.25) is 4.79 Å². The number of nitrogens with zero attached hydrogens (tertiary/aromatic N) is 1. The van der Waals surface area contributed by atoms with E-state index < -0.39 is 17.2 Å². The zero-order valence-corrected chi connectivity index (χ0v) is 18.7.